The molecule has 0 heterocycles. The smallest absolute Gasteiger partial charge is 0.339 e. The molecule has 0 unspecified atom stereocenters. The Morgan fingerprint density at radius 1 is 1.12 bits per heavy atom. The number of benzene rings is 1. The quantitative estimate of drug-likeness (QED) is 0.839. The molecule has 5 nitrogen and oxygen atoms in total. The summed E-state index contributed by atoms with van der Waals surface area (Å²) in [7, 11) is 3.35. The van der Waals surface area contributed by atoms with Gasteiger partial charge in [0.15, 0.2) is 0 Å². The van der Waals surface area contributed by atoms with Crippen LogP contribution in [-0.2, 0) is 9.53 Å². The van der Waals surface area contributed by atoms with Gasteiger partial charge in [0.2, 0.25) is 5.91 Å². The summed E-state index contributed by atoms with van der Waals surface area (Å²) in [4.78, 5) is 26.3. The lowest BCUT2D eigenvalue weighted by Gasteiger charge is -2.29. The maximum atomic E-state index is 12.4. The summed E-state index contributed by atoms with van der Waals surface area (Å²) in [6, 6.07) is 7.38. The van der Waals surface area contributed by atoms with Crippen molar-refractivity contribution in [1.29, 1.82) is 0 Å². The Hall–Kier alpha value is -1.88. The Labute approximate surface area is 144 Å². The molecule has 1 aromatic rings. The van der Waals surface area contributed by atoms with E-state index in [1.807, 2.05) is 7.05 Å². The number of anilines is 1. The third kappa shape index (κ3) is 5.34. The van der Waals surface area contributed by atoms with E-state index in [-0.39, 0.29) is 5.91 Å². The number of methoxy groups -OCH3 is 1. The number of rotatable bonds is 5. The van der Waals surface area contributed by atoms with E-state index in [0.29, 0.717) is 23.8 Å². The van der Waals surface area contributed by atoms with Crippen molar-refractivity contribution in [3.63, 3.8) is 0 Å². The second-order valence-corrected chi connectivity index (χ2v) is 6.50. The zero-order chi connectivity index (χ0) is 17.4. The van der Waals surface area contributed by atoms with Crippen molar-refractivity contribution >= 4 is 17.6 Å². The van der Waals surface area contributed by atoms with Crippen LogP contribution in [0.25, 0.3) is 0 Å². The minimum atomic E-state index is -0.445. The molecular weight excluding hydrogens is 304 g/mol. The molecule has 1 aromatic carbocycles. The molecule has 24 heavy (non-hydrogen) atoms. The van der Waals surface area contributed by atoms with Gasteiger partial charge in [-0.05, 0) is 32.0 Å². The third-order valence-corrected chi connectivity index (χ3v) is 4.70. The van der Waals surface area contributed by atoms with Gasteiger partial charge in [0, 0.05) is 6.04 Å². The second kappa shape index (κ2) is 9.42. The number of para-hydroxylation sites is 1. The number of nitrogens with zero attached hydrogens (tertiary/aromatic N) is 1. The lowest BCUT2D eigenvalue weighted by atomic mass is 9.96. The fraction of sp³-hybridized carbons (Fsp3) is 0.579. The van der Waals surface area contributed by atoms with Gasteiger partial charge in [-0.25, -0.2) is 4.79 Å². The van der Waals surface area contributed by atoms with Crippen LogP contribution in [0, 0.1) is 0 Å². The summed E-state index contributed by atoms with van der Waals surface area (Å²) in [6.07, 6.45) is 8.71. The number of nitrogens with one attached hydrogen (secondary N) is 1. The van der Waals surface area contributed by atoms with E-state index in [0.717, 1.165) is 12.8 Å². The maximum absolute atomic E-state index is 12.4. The molecule has 0 aromatic heterocycles. The third-order valence-electron chi connectivity index (χ3n) is 4.70. The Kier molecular flexibility index (Phi) is 7.25. The summed E-state index contributed by atoms with van der Waals surface area (Å²) in [5, 5.41) is 2.84. The van der Waals surface area contributed by atoms with Gasteiger partial charge in [0.25, 0.3) is 0 Å². The van der Waals surface area contributed by atoms with Crippen molar-refractivity contribution in [2.24, 2.45) is 0 Å². The lowest BCUT2D eigenvalue weighted by molar-refractivity contribution is -0.117. The summed E-state index contributed by atoms with van der Waals surface area (Å²) in [5.41, 5.74) is 0.877. The molecule has 0 radical (unpaired) electrons. The van der Waals surface area contributed by atoms with Gasteiger partial charge in [-0.15, -0.1) is 0 Å². The predicted molar refractivity (Wildman–Crippen MR) is 95.1 cm³/mol. The summed E-state index contributed by atoms with van der Waals surface area (Å²) in [6.45, 7) is 0.334. The van der Waals surface area contributed by atoms with Crippen molar-refractivity contribution in [2.45, 2.75) is 51.0 Å². The normalized spacial score (nSPS) is 16.3. The predicted octanol–water partition coefficient (Wildman–Crippen LogP) is 3.46. The molecule has 1 saturated carbocycles. The molecule has 1 aliphatic carbocycles. The van der Waals surface area contributed by atoms with Crippen molar-refractivity contribution in [2.75, 3.05) is 26.0 Å². The monoisotopic (exact) mass is 332 g/mol. The molecular formula is C19H28N2O3. The number of hydrogen-bond donors (Lipinski definition) is 1. The molecule has 1 aliphatic rings. The molecule has 1 N–H and O–H groups in total. The van der Waals surface area contributed by atoms with E-state index in [9.17, 15) is 9.59 Å². The van der Waals surface area contributed by atoms with Crippen molar-refractivity contribution in [3.8, 4) is 0 Å². The molecule has 1 amide bonds. The number of hydrogen-bond acceptors (Lipinski definition) is 4. The fourth-order valence-corrected chi connectivity index (χ4v) is 3.30. The van der Waals surface area contributed by atoms with Crippen LogP contribution in [0.4, 0.5) is 5.69 Å². The average Bonchev–Trinajstić information content (AvgIpc) is 2.54. The number of amides is 1. The molecule has 0 atom stereocenters. The van der Waals surface area contributed by atoms with Gasteiger partial charge >= 0.3 is 5.97 Å². The summed E-state index contributed by atoms with van der Waals surface area (Å²) >= 11 is 0. The molecule has 0 bridgehead atoms. The first-order valence-corrected chi connectivity index (χ1v) is 8.79. The van der Waals surface area contributed by atoms with Crippen LogP contribution in [0.5, 0.6) is 0 Å². The van der Waals surface area contributed by atoms with Gasteiger partial charge in [-0.2, -0.15) is 0 Å². The van der Waals surface area contributed by atoms with E-state index in [1.54, 1.807) is 24.3 Å². The van der Waals surface area contributed by atoms with Gasteiger partial charge in [-0.3, -0.25) is 9.69 Å². The Bertz CT molecular complexity index is 551. The van der Waals surface area contributed by atoms with Crippen molar-refractivity contribution in [3.05, 3.63) is 29.8 Å². The molecule has 0 saturated heterocycles. The Balaban J connectivity index is 1.94. The number of esters is 1. The topological polar surface area (TPSA) is 58.6 Å². The molecule has 132 valence electrons. The van der Waals surface area contributed by atoms with Gasteiger partial charge in [-0.1, -0.05) is 44.2 Å². The highest BCUT2D eigenvalue weighted by Crippen LogP contribution is 2.21. The van der Waals surface area contributed by atoms with Crippen LogP contribution in [-0.4, -0.2) is 43.5 Å². The maximum Gasteiger partial charge on any atom is 0.339 e. The second-order valence-electron chi connectivity index (χ2n) is 6.50. The average molecular weight is 332 g/mol. The molecule has 5 heteroatoms. The van der Waals surface area contributed by atoms with Gasteiger partial charge in [0.05, 0.1) is 24.9 Å². The standard InChI is InChI=1S/C19H28N2O3/c1-21(15-10-6-4-3-5-7-11-15)14-18(22)20-17-13-9-8-12-16(17)19(23)24-2/h8-9,12-13,15H,3-7,10-11,14H2,1-2H3,(H,20,22). The first-order valence-electron chi connectivity index (χ1n) is 8.79. The van der Waals surface area contributed by atoms with E-state index >= 15 is 0 Å². The van der Waals surface area contributed by atoms with E-state index < -0.39 is 5.97 Å². The Morgan fingerprint density at radius 2 is 1.75 bits per heavy atom. The first-order chi connectivity index (χ1) is 11.6. The van der Waals surface area contributed by atoms with Crippen LogP contribution < -0.4 is 5.32 Å². The number of carbonyl (C=O) groups excluding carboxylic acids is 2. The Morgan fingerprint density at radius 3 is 2.42 bits per heavy atom. The van der Waals surface area contributed by atoms with Gasteiger partial charge < -0.3 is 10.1 Å². The zero-order valence-electron chi connectivity index (χ0n) is 14.7. The highest BCUT2D eigenvalue weighted by Gasteiger charge is 2.19. The largest absolute Gasteiger partial charge is 0.465 e. The SMILES string of the molecule is COC(=O)c1ccccc1NC(=O)CN(C)C1CCCCCCC1. The van der Waals surface area contributed by atoms with Crippen LogP contribution in [0.2, 0.25) is 0 Å². The highest BCUT2D eigenvalue weighted by atomic mass is 16.5. The van der Waals surface area contributed by atoms with Crippen molar-refractivity contribution < 1.29 is 14.3 Å². The molecule has 1 fully saturated rings. The van der Waals surface area contributed by atoms with Crippen LogP contribution >= 0.6 is 0 Å². The van der Waals surface area contributed by atoms with E-state index in [2.05, 4.69) is 10.2 Å². The molecule has 0 aliphatic heterocycles. The number of carbonyl (C=O) groups is 2. The number of likely N-dealkylation sites (N-methyl/N-ethyl adjacent to an activating group) is 1. The van der Waals surface area contributed by atoms with Crippen LogP contribution in [0.1, 0.15) is 55.3 Å². The van der Waals surface area contributed by atoms with E-state index in [1.165, 1.54) is 39.2 Å². The minimum absolute atomic E-state index is 0.101. The summed E-state index contributed by atoms with van der Waals surface area (Å²) in [5.74, 6) is -0.546. The molecule has 2 rings (SSSR count). The minimum Gasteiger partial charge on any atom is -0.465 e. The lowest BCUT2D eigenvalue weighted by Crippen LogP contribution is -2.38. The highest BCUT2D eigenvalue weighted by molar-refractivity contribution is 6.01. The van der Waals surface area contributed by atoms with Gasteiger partial charge in [0.1, 0.15) is 0 Å². The molecule has 0 spiro atoms. The van der Waals surface area contributed by atoms with Crippen LogP contribution in [0.15, 0.2) is 24.3 Å². The zero-order valence-corrected chi connectivity index (χ0v) is 14.7. The first kappa shape index (κ1) is 18.5. The summed E-state index contributed by atoms with van der Waals surface area (Å²) < 4.78 is 4.76. The van der Waals surface area contributed by atoms with E-state index in [4.69, 9.17) is 4.74 Å². The fourth-order valence-electron chi connectivity index (χ4n) is 3.30. The van der Waals surface area contributed by atoms with Crippen LogP contribution in [0.3, 0.4) is 0 Å². The number of ether oxygens (including phenoxy) is 1. The van der Waals surface area contributed by atoms with Crippen molar-refractivity contribution in [1.82, 2.24) is 4.90 Å².